The molecule has 0 saturated carbocycles. The molecule has 2 saturated heterocycles. The van der Waals surface area contributed by atoms with Gasteiger partial charge in [0.05, 0.1) is 0 Å². The lowest BCUT2D eigenvalue weighted by molar-refractivity contribution is 0.227. The van der Waals surface area contributed by atoms with Crippen molar-refractivity contribution in [3.8, 4) is 0 Å². The summed E-state index contributed by atoms with van der Waals surface area (Å²) in [6.07, 6.45) is 4.48. The molecule has 0 radical (unpaired) electrons. The second kappa shape index (κ2) is 8.10. The quantitative estimate of drug-likeness (QED) is 0.722. The van der Waals surface area contributed by atoms with Crippen LogP contribution in [0.25, 0.3) is 0 Å². The first kappa shape index (κ1) is 16.7. The summed E-state index contributed by atoms with van der Waals surface area (Å²) in [4.78, 5) is 18.7. The number of carbonyl (C=O) groups is 1. The topological polar surface area (TPSA) is 68.8 Å². The van der Waals surface area contributed by atoms with Crippen molar-refractivity contribution in [2.45, 2.75) is 31.8 Å². The van der Waals surface area contributed by atoms with Crippen molar-refractivity contribution in [2.24, 2.45) is 4.99 Å². The maximum atomic E-state index is 13.0. The monoisotopic (exact) mass is 333 g/mol. The van der Waals surface area contributed by atoms with Gasteiger partial charge in [-0.1, -0.05) is 18.6 Å². The van der Waals surface area contributed by atoms with Crippen molar-refractivity contribution in [3.05, 3.63) is 35.6 Å². The first-order valence-corrected chi connectivity index (χ1v) is 8.57. The number of guanidine groups is 1. The summed E-state index contributed by atoms with van der Waals surface area (Å²) in [5, 5.41) is 8.55. The zero-order chi connectivity index (χ0) is 16.8. The average Bonchev–Trinajstić information content (AvgIpc) is 2.60. The second-order valence-corrected chi connectivity index (χ2v) is 6.21. The lowest BCUT2D eigenvalue weighted by Crippen LogP contribution is -2.57. The molecule has 7 heteroatoms. The van der Waals surface area contributed by atoms with E-state index in [0.29, 0.717) is 12.5 Å². The first-order chi connectivity index (χ1) is 11.7. The number of piperidine rings is 1. The number of hydrogen-bond acceptors (Lipinski definition) is 3. The maximum absolute atomic E-state index is 13.0. The molecule has 0 aliphatic carbocycles. The van der Waals surface area contributed by atoms with E-state index in [4.69, 9.17) is 0 Å². The Morgan fingerprint density at radius 3 is 2.62 bits per heavy atom. The molecule has 2 heterocycles. The first-order valence-electron chi connectivity index (χ1n) is 8.57. The fraction of sp³-hybridized carbons (Fsp3) is 0.529. The smallest absolute Gasteiger partial charge is 0.323 e. The zero-order valence-electron chi connectivity index (χ0n) is 13.7. The number of amides is 2. The van der Waals surface area contributed by atoms with Gasteiger partial charge in [0.15, 0.2) is 0 Å². The Labute approximate surface area is 141 Å². The summed E-state index contributed by atoms with van der Waals surface area (Å²) < 4.78 is 13.0. The van der Waals surface area contributed by atoms with E-state index in [1.54, 1.807) is 12.1 Å². The van der Waals surface area contributed by atoms with E-state index < -0.39 is 6.17 Å². The molecule has 24 heavy (non-hydrogen) atoms. The normalized spacial score (nSPS) is 23.5. The van der Waals surface area contributed by atoms with Gasteiger partial charge in [-0.2, -0.15) is 0 Å². The van der Waals surface area contributed by atoms with Crippen molar-refractivity contribution in [1.29, 1.82) is 0 Å². The van der Waals surface area contributed by atoms with Gasteiger partial charge in [0.1, 0.15) is 12.0 Å². The Hall–Kier alpha value is -2.15. The third-order valence-corrected chi connectivity index (χ3v) is 4.34. The summed E-state index contributed by atoms with van der Waals surface area (Å²) in [6.45, 7) is 4.07. The highest BCUT2D eigenvalue weighted by Crippen LogP contribution is 2.13. The summed E-state index contributed by atoms with van der Waals surface area (Å²) in [5.74, 6) is 0.164. The molecule has 3 rings (SSSR count). The van der Waals surface area contributed by atoms with Gasteiger partial charge < -0.3 is 15.5 Å². The molecular formula is C17H24FN5O. The zero-order valence-corrected chi connectivity index (χ0v) is 13.7. The van der Waals surface area contributed by atoms with Gasteiger partial charge in [0.2, 0.25) is 5.96 Å². The highest BCUT2D eigenvalue weighted by molar-refractivity contribution is 5.98. The second-order valence-electron chi connectivity index (χ2n) is 6.21. The van der Waals surface area contributed by atoms with Crippen molar-refractivity contribution in [1.82, 2.24) is 20.9 Å². The number of nitrogens with one attached hydrogen (secondary N) is 3. The van der Waals surface area contributed by atoms with Crippen LogP contribution in [0.2, 0.25) is 0 Å². The number of halogens is 1. The molecule has 1 atom stereocenters. The lowest BCUT2D eigenvalue weighted by atomic mass is 10.1. The molecule has 0 bridgehead atoms. The van der Waals surface area contributed by atoms with Crippen LogP contribution in [-0.4, -0.2) is 43.1 Å². The molecule has 1 aromatic rings. The molecule has 1 unspecified atom stereocenters. The number of hydrogen-bond donors (Lipinski definition) is 3. The van der Waals surface area contributed by atoms with Crippen LogP contribution in [0.4, 0.5) is 9.18 Å². The number of carbonyl (C=O) groups excluding carboxylic acids is 1. The summed E-state index contributed by atoms with van der Waals surface area (Å²) >= 11 is 0. The molecule has 6 nitrogen and oxygen atoms in total. The SMILES string of the molecule is O=C1NC(=NCCCN2CCCCC2)NC(c2ccc(F)cc2)N1. The van der Waals surface area contributed by atoms with Crippen LogP contribution in [0.5, 0.6) is 0 Å². The van der Waals surface area contributed by atoms with Gasteiger partial charge >= 0.3 is 6.03 Å². The van der Waals surface area contributed by atoms with E-state index in [-0.39, 0.29) is 11.8 Å². The minimum Gasteiger partial charge on any atom is -0.332 e. The number of aliphatic imine (C=N–C) groups is 1. The molecular weight excluding hydrogens is 309 g/mol. The molecule has 3 N–H and O–H groups in total. The van der Waals surface area contributed by atoms with Crippen LogP contribution in [0, 0.1) is 5.82 Å². The Bertz CT molecular complexity index is 583. The molecule has 130 valence electrons. The maximum Gasteiger partial charge on any atom is 0.323 e. The van der Waals surface area contributed by atoms with Crippen molar-refractivity contribution < 1.29 is 9.18 Å². The van der Waals surface area contributed by atoms with Crippen molar-refractivity contribution in [2.75, 3.05) is 26.2 Å². The van der Waals surface area contributed by atoms with Crippen LogP contribution in [0.15, 0.2) is 29.3 Å². The number of nitrogens with zero attached hydrogens (tertiary/aromatic N) is 2. The third kappa shape index (κ3) is 4.67. The number of urea groups is 1. The molecule has 1 aromatic carbocycles. The predicted molar refractivity (Wildman–Crippen MR) is 91.2 cm³/mol. The van der Waals surface area contributed by atoms with Crippen LogP contribution in [0.3, 0.4) is 0 Å². The minimum absolute atomic E-state index is 0.300. The summed E-state index contributed by atoms with van der Waals surface area (Å²) in [5.41, 5.74) is 0.785. The fourth-order valence-corrected chi connectivity index (χ4v) is 3.06. The average molecular weight is 333 g/mol. The van der Waals surface area contributed by atoms with Gasteiger partial charge in [-0.05, 0) is 56.6 Å². The van der Waals surface area contributed by atoms with E-state index in [9.17, 15) is 9.18 Å². The highest BCUT2D eigenvalue weighted by Gasteiger charge is 2.22. The molecule has 2 aliphatic rings. The number of rotatable bonds is 5. The van der Waals surface area contributed by atoms with E-state index in [0.717, 1.165) is 18.5 Å². The van der Waals surface area contributed by atoms with E-state index in [2.05, 4.69) is 25.8 Å². The van der Waals surface area contributed by atoms with Gasteiger partial charge in [-0.25, -0.2) is 9.18 Å². The summed E-state index contributed by atoms with van der Waals surface area (Å²) in [6, 6.07) is 5.73. The third-order valence-electron chi connectivity index (χ3n) is 4.34. The van der Waals surface area contributed by atoms with Crippen LogP contribution < -0.4 is 16.0 Å². The predicted octanol–water partition coefficient (Wildman–Crippen LogP) is 1.96. The van der Waals surface area contributed by atoms with Crippen molar-refractivity contribution in [3.63, 3.8) is 0 Å². The van der Waals surface area contributed by atoms with Crippen LogP contribution in [0.1, 0.15) is 37.4 Å². The fourth-order valence-electron chi connectivity index (χ4n) is 3.06. The number of likely N-dealkylation sites (tertiary alicyclic amines) is 1. The minimum atomic E-state index is -0.403. The Balaban J connectivity index is 1.51. The highest BCUT2D eigenvalue weighted by atomic mass is 19.1. The van der Waals surface area contributed by atoms with E-state index in [1.165, 1.54) is 44.5 Å². The van der Waals surface area contributed by atoms with E-state index >= 15 is 0 Å². The molecule has 2 fully saturated rings. The van der Waals surface area contributed by atoms with Gasteiger partial charge in [-0.15, -0.1) is 0 Å². The Morgan fingerprint density at radius 2 is 1.88 bits per heavy atom. The van der Waals surface area contributed by atoms with Crippen molar-refractivity contribution >= 4 is 12.0 Å². The van der Waals surface area contributed by atoms with Crippen LogP contribution in [-0.2, 0) is 0 Å². The Kier molecular flexibility index (Phi) is 5.63. The Morgan fingerprint density at radius 1 is 1.12 bits per heavy atom. The number of benzene rings is 1. The lowest BCUT2D eigenvalue weighted by Gasteiger charge is -2.28. The molecule has 2 amide bonds. The van der Waals surface area contributed by atoms with Gasteiger partial charge in [-0.3, -0.25) is 10.3 Å². The summed E-state index contributed by atoms with van der Waals surface area (Å²) in [7, 11) is 0. The largest absolute Gasteiger partial charge is 0.332 e. The van der Waals surface area contributed by atoms with Gasteiger partial charge in [0.25, 0.3) is 0 Å². The van der Waals surface area contributed by atoms with E-state index in [1.807, 2.05) is 0 Å². The molecule has 0 aromatic heterocycles. The van der Waals surface area contributed by atoms with Crippen LogP contribution >= 0.6 is 0 Å². The standard InChI is InChI=1S/C17H24FN5O/c18-14-7-5-13(6-8-14)15-20-16(22-17(24)21-15)19-9-4-12-23-10-2-1-3-11-23/h5-8,15H,1-4,9-12H2,(H3,19,20,21,22,24). The van der Waals surface area contributed by atoms with Gasteiger partial charge in [0, 0.05) is 6.54 Å². The molecule has 2 aliphatic heterocycles. The molecule has 0 spiro atoms.